The van der Waals surface area contributed by atoms with Crippen LogP contribution in [0.15, 0.2) is 88.7 Å². The first-order valence-electron chi connectivity index (χ1n) is 12.3. The fourth-order valence-electron chi connectivity index (χ4n) is 7.02. The zero-order chi connectivity index (χ0) is 25.8. The summed E-state index contributed by atoms with van der Waals surface area (Å²) < 4.78 is 56.1. The van der Waals surface area contributed by atoms with Crippen LogP contribution in [-0.4, -0.2) is 31.3 Å². The molecule has 0 unspecified atom stereocenters. The molecule has 3 aromatic carbocycles. The molecule has 7 rings (SSSR count). The molecule has 3 aliphatic rings. The van der Waals surface area contributed by atoms with Gasteiger partial charge in [0.25, 0.3) is 0 Å². The topological polar surface area (TPSA) is 81.2 Å². The number of thiazole rings is 1. The van der Waals surface area contributed by atoms with E-state index in [2.05, 4.69) is 0 Å². The van der Waals surface area contributed by atoms with Crippen LogP contribution in [0.4, 0.5) is 0 Å². The maximum absolute atomic E-state index is 14.7. The Morgan fingerprint density at radius 2 is 1.16 bits per heavy atom. The summed E-state index contributed by atoms with van der Waals surface area (Å²) >= 11 is 1.45. The van der Waals surface area contributed by atoms with E-state index in [1.165, 1.54) is 11.3 Å². The van der Waals surface area contributed by atoms with Gasteiger partial charge in [0, 0.05) is 22.3 Å². The van der Waals surface area contributed by atoms with Gasteiger partial charge in [0.2, 0.25) is 0 Å². The summed E-state index contributed by atoms with van der Waals surface area (Å²) in [4.78, 5) is 5.46. The summed E-state index contributed by atoms with van der Waals surface area (Å²) in [6, 6.07) is 23.6. The third kappa shape index (κ3) is 2.34. The maximum Gasteiger partial charge on any atom is 0.190 e. The monoisotopic (exact) mass is 545 g/mol. The van der Waals surface area contributed by atoms with Crippen LogP contribution < -0.4 is 9.88 Å². The van der Waals surface area contributed by atoms with E-state index in [1.807, 2.05) is 48.5 Å². The van der Waals surface area contributed by atoms with E-state index in [0.29, 0.717) is 27.6 Å². The summed E-state index contributed by atoms with van der Waals surface area (Å²) in [5.41, 5.74) is 3.18. The second-order valence-corrected chi connectivity index (χ2v) is 15.0. The Morgan fingerprint density at radius 3 is 1.73 bits per heavy atom. The third-order valence-electron chi connectivity index (χ3n) is 8.38. The van der Waals surface area contributed by atoms with Gasteiger partial charge in [-0.25, -0.2) is 21.8 Å². The summed E-state index contributed by atoms with van der Waals surface area (Å²) in [6.45, 7) is 3.60. The number of aromatic nitrogens is 1. The molecule has 2 atom stereocenters. The molecule has 0 spiro atoms. The number of benzene rings is 3. The Kier molecular flexibility index (Phi) is 4.54. The zero-order valence-corrected chi connectivity index (χ0v) is 22.7. The highest BCUT2D eigenvalue weighted by Gasteiger charge is 2.75. The van der Waals surface area contributed by atoms with Crippen LogP contribution in [0, 0.1) is 0 Å². The smallest absolute Gasteiger partial charge is 0.190 e. The highest BCUT2D eigenvalue weighted by Crippen LogP contribution is 2.65. The lowest BCUT2D eigenvalue weighted by molar-refractivity contribution is 0.470. The molecule has 0 bridgehead atoms. The first-order valence-corrected chi connectivity index (χ1v) is 16.1. The van der Waals surface area contributed by atoms with Crippen LogP contribution >= 0.6 is 11.3 Å². The van der Waals surface area contributed by atoms with E-state index >= 15 is 0 Å². The number of rotatable bonds is 3. The van der Waals surface area contributed by atoms with Crippen molar-refractivity contribution in [3.05, 3.63) is 99.9 Å². The molecule has 0 amide bonds. The van der Waals surface area contributed by atoms with Crippen molar-refractivity contribution in [3.63, 3.8) is 0 Å². The van der Waals surface area contributed by atoms with Crippen LogP contribution in [-0.2, 0) is 19.7 Å². The quantitative estimate of drug-likeness (QED) is 0.387. The standard InChI is InChI=1S/C29H23NO4S3/c1-3-28-23(19-14-8-10-16-21(19)36(28,31)32)25-26(35-27(30-25)18-12-6-5-7-13-18)24-20-15-9-11-17-22(20)37(33,34)29(24,28)4-2/h5-17H,3-4H2,1-2H3/t28-,29-/m1/s1. The predicted molar refractivity (Wildman–Crippen MR) is 145 cm³/mol. The molecule has 0 saturated carbocycles. The molecule has 0 fully saturated rings. The number of sulfone groups is 2. The Morgan fingerprint density at radius 1 is 0.676 bits per heavy atom. The van der Waals surface area contributed by atoms with Gasteiger partial charge < -0.3 is 0 Å². The normalized spacial score (nSPS) is 25.7. The minimum Gasteiger partial charge on any atom is -0.236 e. The maximum atomic E-state index is 14.7. The van der Waals surface area contributed by atoms with Crippen LogP contribution in [0.25, 0.3) is 21.7 Å². The average Bonchev–Trinajstić information content (AvgIpc) is 3.50. The van der Waals surface area contributed by atoms with Crippen molar-refractivity contribution in [2.24, 2.45) is 0 Å². The number of hydrogen-bond acceptors (Lipinski definition) is 6. The Balaban J connectivity index is 1.83. The molecule has 4 aromatic rings. The third-order valence-corrected chi connectivity index (χ3v) is 15.0. The summed E-state index contributed by atoms with van der Waals surface area (Å²) in [5.74, 6) is 0. The first kappa shape index (κ1) is 23.1. The molecular formula is C29H23NO4S3. The minimum absolute atomic E-state index is 0.113. The fourth-order valence-corrected chi connectivity index (χ4v) is 14.2. The molecule has 0 saturated heterocycles. The van der Waals surface area contributed by atoms with Gasteiger partial charge in [-0.15, -0.1) is 11.3 Å². The Hall–Kier alpha value is -3.07. The van der Waals surface area contributed by atoms with Crippen LogP contribution in [0.3, 0.4) is 0 Å². The summed E-state index contributed by atoms with van der Waals surface area (Å²) in [7, 11) is -8.19. The molecule has 3 heterocycles. The second kappa shape index (κ2) is 7.28. The van der Waals surface area contributed by atoms with E-state index in [0.717, 1.165) is 15.1 Å². The van der Waals surface area contributed by atoms with Crippen molar-refractivity contribution < 1.29 is 16.8 Å². The number of hydrogen-bond donors (Lipinski definition) is 0. The lowest BCUT2D eigenvalue weighted by Gasteiger charge is -2.46. The van der Waals surface area contributed by atoms with Crippen molar-refractivity contribution in [1.82, 2.24) is 4.98 Å². The van der Waals surface area contributed by atoms with Gasteiger partial charge in [-0.2, -0.15) is 0 Å². The van der Waals surface area contributed by atoms with Gasteiger partial charge >= 0.3 is 0 Å². The Labute approximate surface area is 219 Å². The second-order valence-electron chi connectivity index (χ2n) is 9.67. The van der Waals surface area contributed by atoms with Crippen molar-refractivity contribution in [3.8, 4) is 10.6 Å². The number of nitrogens with zero attached hydrogens (tertiary/aromatic N) is 1. The van der Waals surface area contributed by atoms with Gasteiger partial charge in [0.15, 0.2) is 19.7 Å². The molecule has 1 aliphatic carbocycles. The fraction of sp³-hybridized carbons (Fsp3) is 0.207. The van der Waals surface area contributed by atoms with E-state index in [1.54, 1.807) is 44.2 Å². The van der Waals surface area contributed by atoms with E-state index in [4.69, 9.17) is 4.98 Å². The highest BCUT2D eigenvalue weighted by atomic mass is 32.2. The molecule has 37 heavy (non-hydrogen) atoms. The van der Waals surface area contributed by atoms with Gasteiger partial charge in [0.1, 0.15) is 14.5 Å². The molecule has 186 valence electrons. The first-order chi connectivity index (χ1) is 17.8. The van der Waals surface area contributed by atoms with Crippen LogP contribution in [0.1, 0.15) is 37.8 Å². The molecule has 0 N–H and O–H groups in total. The molecule has 0 radical (unpaired) electrons. The lowest BCUT2D eigenvalue weighted by Crippen LogP contribution is -2.65. The Bertz CT molecular complexity index is 1870. The predicted octanol–water partition coefficient (Wildman–Crippen LogP) is 4.09. The average molecular weight is 546 g/mol. The van der Waals surface area contributed by atoms with Gasteiger partial charge in [-0.3, -0.25) is 0 Å². The molecular weight excluding hydrogens is 523 g/mol. The van der Waals surface area contributed by atoms with Crippen molar-refractivity contribution in [2.45, 2.75) is 46.0 Å². The van der Waals surface area contributed by atoms with Crippen LogP contribution in [0.5, 0.6) is 0 Å². The molecule has 1 aromatic heterocycles. The largest absolute Gasteiger partial charge is 0.236 e. The van der Waals surface area contributed by atoms with Crippen molar-refractivity contribution >= 4 is 42.2 Å². The van der Waals surface area contributed by atoms with Gasteiger partial charge in [-0.1, -0.05) is 80.6 Å². The summed E-state index contributed by atoms with van der Waals surface area (Å²) in [6.07, 6.45) is 0.240. The van der Waals surface area contributed by atoms with E-state index in [-0.39, 0.29) is 22.6 Å². The highest BCUT2D eigenvalue weighted by molar-refractivity contribution is 7.98. The van der Waals surface area contributed by atoms with E-state index in [9.17, 15) is 16.8 Å². The van der Waals surface area contributed by atoms with Gasteiger partial charge in [-0.05, 0) is 30.5 Å². The SMILES string of the molecule is CC[C@@]12C(=c3nc(-c4ccccc4)sc3=C3c4ccccc4S(=O)(=O)[C@]31CC)c1ccccc1S2(=O)=O. The van der Waals surface area contributed by atoms with Crippen LogP contribution in [0.2, 0.25) is 0 Å². The molecule has 5 nitrogen and oxygen atoms in total. The molecule has 2 aliphatic heterocycles. The summed E-state index contributed by atoms with van der Waals surface area (Å²) in [5, 5.41) is 1.33. The van der Waals surface area contributed by atoms with Crippen molar-refractivity contribution in [1.29, 1.82) is 0 Å². The van der Waals surface area contributed by atoms with E-state index < -0.39 is 29.2 Å². The van der Waals surface area contributed by atoms with Gasteiger partial charge in [0.05, 0.1) is 19.7 Å². The number of fused-ring (bicyclic) bond motifs is 8. The minimum atomic E-state index is -4.10. The molecule has 8 heteroatoms. The lowest BCUT2D eigenvalue weighted by atomic mass is 9.70. The van der Waals surface area contributed by atoms with Crippen molar-refractivity contribution in [2.75, 3.05) is 0 Å². The zero-order valence-electron chi connectivity index (χ0n) is 20.2.